The second-order valence-corrected chi connectivity index (χ2v) is 6.02. The number of aromatic nitrogens is 1. The number of benzene rings is 1. The summed E-state index contributed by atoms with van der Waals surface area (Å²) in [6.45, 7) is 2.17. The second-order valence-electron chi connectivity index (χ2n) is 5.58. The van der Waals surface area contributed by atoms with Crippen LogP contribution in [-0.2, 0) is 4.79 Å². The Bertz CT molecular complexity index is 729. The van der Waals surface area contributed by atoms with Crippen LogP contribution in [0, 0.1) is 5.92 Å². The average molecular weight is 316 g/mol. The van der Waals surface area contributed by atoms with Crippen molar-refractivity contribution in [3.05, 3.63) is 47.1 Å². The average Bonchev–Trinajstić information content (AvgIpc) is 3.01. The highest BCUT2D eigenvalue weighted by atomic mass is 35.5. The summed E-state index contributed by atoms with van der Waals surface area (Å²) < 4.78 is 0. The van der Waals surface area contributed by atoms with Gasteiger partial charge in [-0.25, -0.2) is 4.98 Å². The van der Waals surface area contributed by atoms with Crippen molar-refractivity contribution in [1.29, 1.82) is 0 Å². The van der Waals surface area contributed by atoms with E-state index in [1.807, 2.05) is 35.2 Å². The third-order valence-electron chi connectivity index (χ3n) is 4.00. The van der Waals surface area contributed by atoms with Gasteiger partial charge in [0.2, 0.25) is 5.91 Å². The van der Waals surface area contributed by atoms with Gasteiger partial charge in [-0.1, -0.05) is 23.7 Å². The van der Waals surface area contributed by atoms with Gasteiger partial charge in [0, 0.05) is 29.6 Å². The Balaban J connectivity index is 1.73. The van der Waals surface area contributed by atoms with Gasteiger partial charge in [0.05, 0.1) is 11.2 Å². The molecule has 1 amide bonds. The second kappa shape index (κ2) is 6.46. The molecule has 1 unspecified atom stereocenters. The zero-order valence-electron chi connectivity index (χ0n) is 12.2. The normalized spacial score (nSPS) is 18.5. The Labute approximate surface area is 134 Å². The van der Waals surface area contributed by atoms with Gasteiger partial charge in [0.25, 0.3) is 0 Å². The fraction of sp³-hybridized carbons (Fsp3) is 0.294. The number of fused-ring (bicyclic) bond motifs is 1. The van der Waals surface area contributed by atoms with Crippen LogP contribution in [0.3, 0.4) is 0 Å². The number of carbonyl (C=O) groups excluding carboxylic acids is 1. The predicted molar refractivity (Wildman–Crippen MR) is 89.5 cm³/mol. The van der Waals surface area contributed by atoms with Crippen LogP contribution in [0.4, 0.5) is 0 Å². The number of amides is 1. The molecule has 3 rings (SSSR count). The maximum atomic E-state index is 12.1. The molecule has 22 heavy (non-hydrogen) atoms. The van der Waals surface area contributed by atoms with Crippen molar-refractivity contribution in [1.82, 2.24) is 9.88 Å². The predicted octanol–water partition coefficient (Wildman–Crippen LogP) is 2.71. The zero-order valence-corrected chi connectivity index (χ0v) is 13.0. The van der Waals surface area contributed by atoms with Gasteiger partial charge in [-0.2, -0.15) is 0 Å². The third kappa shape index (κ3) is 3.29. The summed E-state index contributed by atoms with van der Waals surface area (Å²) in [5.74, 6) is 0.447. The molecule has 5 heteroatoms. The molecule has 0 radical (unpaired) electrons. The molecular weight excluding hydrogens is 298 g/mol. The number of halogens is 1. The van der Waals surface area contributed by atoms with Crippen LogP contribution in [0.5, 0.6) is 0 Å². The Morgan fingerprint density at radius 3 is 3.00 bits per heavy atom. The molecule has 114 valence electrons. The highest BCUT2D eigenvalue weighted by Gasteiger charge is 2.23. The monoisotopic (exact) mass is 315 g/mol. The minimum absolute atomic E-state index is 0.0175. The quantitative estimate of drug-likeness (QED) is 0.886. The fourth-order valence-electron chi connectivity index (χ4n) is 2.69. The van der Waals surface area contributed by atoms with Crippen LogP contribution in [0.15, 0.2) is 36.4 Å². The summed E-state index contributed by atoms with van der Waals surface area (Å²) in [5.41, 5.74) is 7.22. The van der Waals surface area contributed by atoms with E-state index in [4.69, 9.17) is 17.3 Å². The number of nitrogens with two attached hydrogens (primary N) is 1. The molecule has 0 aliphatic carbocycles. The van der Waals surface area contributed by atoms with Gasteiger partial charge in [0.1, 0.15) is 0 Å². The lowest BCUT2D eigenvalue weighted by atomic mass is 10.1. The first kappa shape index (κ1) is 15.0. The molecule has 1 saturated heterocycles. The SMILES string of the molecule is NCC1CCN(C(=O)/C=C/c2ccc3ccc(Cl)cc3n2)C1. The van der Waals surface area contributed by atoms with E-state index >= 15 is 0 Å². The standard InChI is InChI=1S/C17H18ClN3O/c18-14-3-1-13-2-4-15(20-16(13)9-14)5-6-17(22)21-8-7-12(10-19)11-21/h1-6,9,12H,7-8,10-11,19H2/b6-5+. The zero-order chi connectivity index (χ0) is 15.5. The maximum absolute atomic E-state index is 12.1. The van der Waals surface area contributed by atoms with E-state index in [1.165, 1.54) is 0 Å². The molecule has 1 aliphatic heterocycles. The lowest BCUT2D eigenvalue weighted by Gasteiger charge is -2.13. The molecule has 2 heterocycles. The number of hydrogen-bond acceptors (Lipinski definition) is 3. The molecule has 0 bridgehead atoms. The van der Waals surface area contributed by atoms with Crippen molar-refractivity contribution in [2.24, 2.45) is 11.7 Å². The highest BCUT2D eigenvalue weighted by Crippen LogP contribution is 2.19. The Hall–Kier alpha value is -1.91. The number of nitrogens with zero attached hydrogens (tertiary/aromatic N) is 2. The summed E-state index contributed by atoms with van der Waals surface area (Å²) in [7, 11) is 0. The van der Waals surface area contributed by atoms with Gasteiger partial charge in [-0.3, -0.25) is 4.79 Å². The Morgan fingerprint density at radius 2 is 2.23 bits per heavy atom. The van der Waals surface area contributed by atoms with Crippen molar-refractivity contribution < 1.29 is 4.79 Å². The van der Waals surface area contributed by atoms with E-state index in [0.717, 1.165) is 36.1 Å². The van der Waals surface area contributed by atoms with Gasteiger partial charge in [0.15, 0.2) is 0 Å². The van der Waals surface area contributed by atoms with Gasteiger partial charge < -0.3 is 10.6 Å². The summed E-state index contributed by atoms with van der Waals surface area (Å²) in [4.78, 5) is 18.5. The maximum Gasteiger partial charge on any atom is 0.246 e. The minimum atomic E-state index is 0.0175. The van der Waals surface area contributed by atoms with Crippen molar-refractivity contribution >= 4 is 34.5 Å². The largest absolute Gasteiger partial charge is 0.339 e. The van der Waals surface area contributed by atoms with E-state index in [0.29, 0.717) is 17.5 Å². The molecule has 1 fully saturated rings. The Kier molecular flexibility index (Phi) is 4.41. The molecule has 0 spiro atoms. The number of rotatable bonds is 3. The van der Waals surface area contributed by atoms with E-state index in [1.54, 1.807) is 12.2 Å². The molecule has 2 aromatic rings. The number of hydrogen-bond donors (Lipinski definition) is 1. The first-order valence-corrected chi connectivity index (χ1v) is 7.77. The number of carbonyl (C=O) groups is 1. The van der Waals surface area contributed by atoms with Crippen molar-refractivity contribution in [3.63, 3.8) is 0 Å². The third-order valence-corrected chi connectivity index (χ3v) is 4.24. The van der Waals surface area contributed by atoms with Gasteiger partial charge >= 0.3 is 0 Å². The summed E-state index contributed by atoms with van der Waals surface area (Å²) in [5, 5.41) is 1.68. The van der Waals surface area contributed by atoms with Crippen molar-refractivity contribution in [2.75, 3.05) is 19.6 Å². The van der Waals surface area contributed by atoms with Crippen LogP contribution < -0.4 is 5.73 Å². The van der Waals surface area contributed by atoms with Crippen LogP contribution in [-0.4, -0.2) is 35.4 Å². The summed E-state index contributed by atoms with van der Waals surface area (Å²) >= 11 is 5.98. The lowest BCUT2D eigenvalue weighted by Crippen LogP contribution is -2.28. The molecule has 2 N–H and O–H groups in total. The van der Waals surface area contributed by atoms with Crippen LogP contribution in [0.2, 0.25) is 5.02 Å². The summed E-state index contributed by atoms with van der Waals surface area (Å²) in [6, 6.07) is 9.46. The first-order valence-electron chi connectivity index (χ1n) is 7.39. The molecule has 1 aromatic heterocycles. The van der Waals surface area contributed by atoms with E-state index in [-0.39, 0.29) is 5.91 Å². The van der Waals surface area contributed by atoms with E-state index in [2.05, 4.69) is 4.98 Å². The van der Waals surface area contributed by atoms with Crippen LogP contribution in [0.1, 0.15) is 12.1 Å². The van der Waals surface area contributed by atoms with Crippen LogP contribution in [0.25, 0.3) is 17.0 Å². The molecule has 1 aliphatic rings. The molecule has 0 saturated carbocycles. The fourth-order valence-corrected chi connectivity index (χ4v) is 2.85. The molecule has 4 nitrogen and oxygen atoms in total. The smallest absolute Gasteiger partial charge is 0.246 e. The molecule has 1 atom stereocenters. The van der Waals surface area contributed by atoms with Gasteiger partial charge in [-0.05, 0) is 43.2 Å². The Morgan fingerprint density at radius 1 is 1.41 bits per heavy atom. The minimum Gasteiger partial charge on any atom is -0.339 e. The summed E-state index contributed by atoms with van der Waals surface area (Å²) in [6.07, 6.45) is 4.32. The van der Waals surface area contributed by atoms with Gasteiger partial charge in [-0.15, -0.1) is 0 Å². The number of pyridine rings is 1. The highest BCUT2D eigenvalue weighted by molar-refractivity contribution is 6.31. The van der Waals surface area contributed by atoms with E-state index < -0.39 is 0 Å². The lowest BCUT2D eigenvalue weighted by molar-refractivity contribution is -0.125. The molecular formula is C17H18ClN3O. The van der Waals surface area contributed by atoms with Crippen molar-refractivity contribution in [2.45, 2.75) is 6.42 Å². The number of likely N-dealkylation sites (tertiary alicyclic amines) is 1. The topological polar surface area (TPSA) is 59.2 Å². The first-order chi connectivity index (χ1) is 10.7. The van der Waals surface area contributed by atoms with Crippen molar-refractivity contribution in [3.8, 4) is 0 Å². The molecule has 1 aromatic carbocycles. The van der Waals surface area contributed by atoms with Crippen LogP contribution >= 0.6 is 11.6 Å². The van der Waals surface area contributed by atoms with E-state index in [9.17, 15) is 4.79 Å².